The Hall–Kier alpha value is -1.31. The molecule has 1 rings (SSSR count). The maximum absolute atomic E-state index is 9.98. The van der Waals surface area contributed by atoms with E-state index in [1.54, 1.807) is 0 Å². The number of benzene rings is 1. The summed E-state index contributed by atoms with van der Waals surface area (Å²) in [6, 6.07) is 7.75. The van der Waals surface area contributed by atoms with Gasteiger partial charge in [-0.2, -0.15) is 0 Å². The number of ether oxygens (including phenoxy) is 1. The number of rotatable bonds is 4. The maximum atomic E-state index is 9.98. The second-order valence-corrected chi connectivity index (χ2v) is 2.48. The van der Waals surface area contributed by atoms with E-state index in [1.807, 2.05) is 24.3 Å². The third-order valence-electron chi connectivity index (χ3n) is 1.65. The molecule has 0 heterocycles. The SMILES string of the molecule is CCc1ccc(OCC=O)cc1. The molecular formula is C10H12O2. The van der Waals surface area contributed by atoms with Crippen LogP contribution in [0.2, 0.25) is 0 Å². The van der Waals surface area contributed by atoms with Crippen LogP contribution in [0, 0.1) is 0 Å². The zero-order chi connectivity index (χ0) is 8.81. The van der Waals surface area contributed by atoms with Crippen LogP contribution in [0.3, 0.4) is 0 Å². The van der Waals surface area contributed by atoms with Crippen molar-refractivity contribution in [1.82, 2.24) is 0 Å². The zero-order valence-electron chi connectivity index (χ0n) is 7.12. The molecule has 0 aromatic heterocycles. The predicted octanol–water partition coefficient (Wildman–Crippen LogP) is 1.83. The molecule has 1 aromatic rings. The first-order valence-corrected chi connectivity index (χ1v) is 4.02. The summed E-state index contributed by atoms with van der Waals surface area (Å²) in [4.78, 5) is 9.98. The van der Waals surface area contributed by atoms with Crippen molar-refractivity contribution in [1.29, 1.82) is 0 Å². The average molecular weight is 164 g/mol. The Kier molecular flexibility index (Phi) is 3.33. The molecule has 0 unspecified atom stereocenters. The fraction of sp³-hybridized carbons (Fsp3) is 0.300. The molecule has 0 saturated heterocycles. The Morgan fingerprint density at radius 2 is 2.00 bits per heavy atom. The van der Waals surface area contributed by atoms with Crippen LogP contribution >= 0.6 is 0 Å². The zero-order valence-corrected chi connectivity index (χ0v) is 7.12. The van der Waals surface area contributed by atoms with E-state index >= 15 is 0 Å². The van der Waals surface area contributed by atoms with Crippen molar-refractivity contribution in [3.05, 3.63) is 29.8 Å². The quantitative estimate of drug-likeness (QED) is 0.634. The Balaban J connectivity index is 2.58. The first-order valence-electron chi connectivity index (χ1n) is 4.02. The maximum Gasteiger partial charge on any atom is 0.157 e. The minimum absolute atomic E-state index is 0.130. The number of hydrogen-bond donors (Lipinski definition) is 0. The third-order valence-corrected chi connectivity index (χ3v) is 1.65. The summed E-state index contributed by atoms with van der Waals surface area (Å²) in [6.45, 7) is 2.23. The average Bonchev–Trinajstić information content (AvgIpc) is 2.15. The van der Waals surface area contributed by atoms with Crippen molar-refractivity contribution >= 4 is 6.29 Å². The molecule has 0 spiro atoms. The van der Waals surface area contributed by atoms with Crippen molar-refractivity contribution in [3.63, 3.8) is 0 Å². The third kappa shape index (κ3) is 2.38. The van der Waals surface area contributed by atoms with Crippen molar-refractivity contribution in [3.8, 4) is 5.75 Å². The predicted molar refractivity (Wildman–Crippen MR) is 47.4 cm³/mol. The highest BCUT2D eigenvalue weighted by Crippen LogP contribution is 2.11. The van der Waals surface area contributed by atoms with Crippen LogP contribution in [0.5, 0.6) is 5.75 Å². The summed E-state index contributed by atoms with van der Waals surface area (Å²) in [5, 5.41) is 0. The Bertz CT molecular complexity index is 239. The fourth-order valence-corrected chi connectivity index (χ4v) is 0.952. The molecule has 0 amide bonds. The largest absolute Gasteiger partial charge is 0.486 e. The lowest BCUT2D eigenvalue weighted by Crippen LogP contribution is -1.97. The Labute approximate surface area is 72.2 Å². The molecule has 1 aromatic carbocycles. The van der Waals surface area contributed by atoms with Gasteiger partial charge in [0.1, 0.15) is 12.4 Å². The fourth-order valence-electron chi connectivity index (χ4n) is 0.952. The van der Waals surface area contributed by atoms with Crippen molar-refractivity contribution in [2.75, 3.05) is 6.61 Å². The molecule has 2 heteroatoms. The van der Waals surface area contributed by atoms with E-state index in [9.17, 15) is 4.79 Å². The van der Waals surface area contributed by atoms with Gasteiger partial charge in [0.2, 0.25) is 0 Å². The molecular weight excluding hydrogens is 152 g/mol. The van der Waals surface area contributed by atoms with Gasteiger partial charge in [0, 0.05) is 0 Å². The monoisotopic (exact) mass is 164 g/mol. The first-order chi connectivity index (χ1) is 5.86. The molecule has 0 aliphatic rings. The standard InChI is InChI=1S/C10H12O2/c1-2-9-3-5-10(6-4-9)12-8-7-11/h3-7H,2,8H2,1H3. The summed E-state index contributed by atoms with van der Waals surface area (Å²) in [6.07, 6.45) is 1.77. The van der Waals surface area contributed by atoms with Crippen LogP contribution < -0.4 is 4.74 Å². The smallest absolute Gasteiger partial charge is 0.157 e. The van der Waals surface area contributed by atoms with Gasteiger partial charge in [-0.25, -0.2) is 0 Å². The van der Waals surface area contributed by atoms with Gasteiger partial charge in [0.15, 0.2) is 6.29 Å². The van der Waals surface area contributed by atoms with Gasteiger partial charge in [0.05, 0.1) is 0 Å². The summed E-state index contributed by atoms with van der Waals surface area (Å²) in [5.74, 6) is 0.749. The van der Waals surface area contributed by atoms with E-state index < -0.39 is 0 Å². The summed E-state index contributed by atoms with van der Waals surface area (Å²) < 4.78 is 5.09. The molecule has 0 bridgehead atoms. The molecule has 0 aliphatic heterocycles. The molecule has 12 heavy (non-hydrogen) atoms. The van der Waals surface area contributed by atoms with E-state index in [-0.39, 0.29) is 6.61 Å². The molecule has 0 radical (unpaired) electrons. The summed E-state index contributed by atoms with van der Waals surface area (Å²) in [7, 11) is 0. The highest BCUT2D eigenvalue weighted by molar-refractivity contribution is 5.51. The second kappa shape index (κ2) is 4.54. The molecule has 0 fully saturated rings. The van der Waals surface area contributed by atoms with Crippen LogP contribution in [0.25, 0.3) is 0 Å². The highest BCUT2D eigenvalue weighted by Gasteiger charge is 1.92. The van der Waals surface area contributed by atoms with E-state index in [1.165, 1.54) is 5.56 Å². The van der Waals surface area contributed by atoms with Gasteiger partial charge in [0.25, 0.3) is 0 Å². The number of hydrogen-bond acceptors (Lipinski definition) is 2. The molecule has 0 N–H and O–H groups in total. The number of aryl methyl sites for hydroxylation is 1. The lowest BCUT2D eigenvalue weighted by molar-refractivity contribution is -0.109. The number of carbonyl (C=O) groups excluding carboxylic acids is 1. The van der Waals surface area contributed by atoms with Gasteiger partial charge in [-0.3, -0.25) is 4.79 Å². The van der Waals surface area contributed by atoms with E-state index in [0.717, 1.165) is 18.5 Å². The summed E-state index contributed by atoms with van der Waals surface area (Å²) in [5.41, 5.74) is 1.27. The first kappa shape index (κ1) is 8.78. The Morgan fingerprint density at radius 3 is 2.50 bits per heavy atom. The Morgan fingerprint density at radius 1 is 1.33 bits per heavy atom. The lowest BCUT2D eigenvalue weighted by atomic mass is 10.2. The van der Waals surface area contributed by atoms with E-state index in [2.05, 4.69) is 6.92 Å². The van der Waals surface area contributed by atoms with Crippen molar-refractivity contribution < 1.29 is 9.53 Å². The normalized spacial score (nSPS) is 9.42. The molecule has 0 saturated carbocycles. The molecule has 0 aliphatic carbocycles. The minimum atomic E-state index is 0.130. The number of aldehydes is 1. The van der Waals surface area contributed by atoms with Crippen molar-refractivity contribution in [2.45, 2.75) is 13.3 Å². The highest BCUT2D eigenvalue weighted by atomic mass is 16.5. The molecule has 0 atom stereocenters. The van der Waals surface area contributed by atoms with E-state index in [0.29, 0.717) is 0 Å². The second-order valence-electron chi connectivity index (χ2n) is 2.48. The van der Waals surface area contributed by atoms with Crippen LogP contribution in [-0.4, -0.2) is 12.9 Å². The van der Waals surface area contributed by atoms with Gasteiger partial charge >= 0.3 is 0 Å². The van der Waals surface area contributed by atoms with Crippen LogP contribution in [-0.2, 0) is 11.2 Å². The van der Waals surface area contributed by atoms with E-state index in [4.69, 9.17) is 4.74 Å². The van der Waals surface area contributed by atoms with Gasteiger partial charge in [-0.05, 0) is 24.1 Å². The summed E-state index contributed by atoms with van der Waals surface area (Å²) >= 11 is 0. The lowest BCUT2D eigenvalue weighted by Gasteiger charge is -2.02. The number of carbonyl (C=O) groups is 1. The van der Waals surface area contributed by atoms with Crippen LogP contribution in [0.4, 0.5) is 0 Å². The van der Waals surface area contributed by atoms with Gasteiger partial charge < -0.3 is 4.74 Å². The molecule has 64 valence electrons. The van der Waals surface area contributed by atoms with Gasteiger partial charge in [-0.15, -0.1) is 0 Å². The van der Waals surface area contributed by atoms with Crippen molar-refractivity contribution in [2.24, 2.45) is 0 Å². The van der Waals surface area contributed by atoms with Gasteiger partial charge in [-0.1, -0.05) is 19.1 Å². The van der Waals surface area contributed by atoms with Crippen LogP contribution in [0.1, 0.15) is 12.5 Å². The topological polar surface area (TPSA) is 26.3 Å². The van der Waals surface area contributed by atoms with Crippen LogP contribution in [0.15, 0.2) is 24.3 Å². The minimum Gasteiger partial charge on any atom is -0.486 e. The molecule has 2 nitrogen and oxygen atoms in total.